The Balaban J connectivity index is 1.35. The highest BCUT2D eigenvalue weighted by Gasteiger charge is 2.29. The lowest BCUT2D eigenvalue weighted by Crippen LogP contribution is -2.27. The second-order valence-corrected chi connectivity index (χ2v) is 6.67. The van der Waals surface area contributed by atoms with Crippen molar-refractivity contribution in [3.63, 3.8) is 0 Å². The highest BCUT2D eigenvalue weighted by molar-refractivity contribution is 6.06. The van der Waals surface area contributed by atoms with E-state index < -0.39 is 6.10 Å². The van der Waals surface area contributed by atoms with Crippen molar-refractivity contribution < 1.29 is 14.0 Å². The first-order valence-corrected chi connectivity index (χ1v) is 8.79. The zero-order chi connectivity index (χ0) is 19.7. The molecule has 0 saturated heterocycles. The molecule has 3 aromatic rings. The maximum Gasteiger partial charge on any atom is 0.268 e. The second-order valence-electron chi connectivity index (χ2n) is 6.67. The number of oxime groups is 1. The Morgan fingerprint density at radius 2 is 2.11 bits per heavy atom. The number of rotatable bonds is 5. The van der Waals surface area contributed by atoms with Crippen molar-refractivity contribution in [3.8, 4) is 0 Å². The predicted molar refractivity (Wildman–Crippen MR) is 100 cm³/mol. The third kappa shape index (κ3) is 3.78. The van der Waals surface area contributed by atoms with Crippen LogP contribution in [0, 0.1) is 12.7 Å². The number of hydrogen-bond acceptors (Lipinski definition) is 5. The number of nitrogens with one attached hydrogen (secondary N) is 1. The van der Waals surface area contributed by atoms with Crippen LogP contribution in [0.5, 0.6) is 0 Å². The smallest absolute Gasteiger partial charge is 0.268 e. The molecule has 2 aromatic heterocycles. The van der Waals surface area contributed by atoms with Gasteiger partial charge in [0.05, 0.1) is 29.8 Å². The molecule has 9 heteroatoms. The van der Waals surface area contributed by atoms with Crippen LogP contribution in [-0.2, 0) is 23.2 Å². The normalized spacial score (nSPS) is 16.0. The zero-order valence-electron chi connectivity index (χ0n) is 15.5. The average molecular weight is 382 g/mol. The van der Waals surface area contributed by atoms with Crippen molar-refractivity contribution >= 4 is 17.3 Å². The molecule has 0 fully saturated rings. The van der Waals surface area contributed by atoms with E-state index in [1.807, 2.05) is 20.2 Å². The lowest BCUT2D eigenvalue weighted by Gasteiger charge is -2.07. The summed E-state index contributed by atoms with van der Waals surface area (Å²) >= 11 is 0. The number of hydrogen-bond donors (Lipinski definition) is 1. The third-order valence-electron chi connectivity index (χ3n) is 4.49. The fraction of sp³-hybridized carbons (Fsp3) is 0.263. The molecule has 4 rings (SSSR count). The minimum atomic E-state index is -0.732. The van der Waals surface area contributed by atoms with Gasteiger partial charge in [-0.2, -0.15) is 10.2 Å². The quantitative estimate of drug-likeness (QED) is 0.733. The molecule has 28 heavy (non-hydrogen) atoms. The molecule has 1 aliphatic rings. The SMILES string of the molecule is Cc1nn(C)cc1Cn1cc(NC(=O)C2CC(c3ccc(F)cc3)=NO2)cn1. The Bertz CT molecular complexity index is 1040. The van der Waals surface area contributed by atoms with Gasteiger partial charge in [-0.05, 0) is 24.6 Å². The lowest BCUT2D eigenvalue weighted by atomic mass is 10.0. The number of anilines is 1. The summed E-state index contributed by atoms with van der Waals surface area (Å²) in [7, 11) is 1.87. The van der Waals surface area contributed by atoms with E-state index in [-0.39, 0.29) is 11.7 Å². The monoisotopic (exact) mass is 382 g/mol. The van der Waals surface area contributed by atoms with Gasteiger partial charge in [0.25, 0.3) is 5.91 Å². The van der Waals surface area contributed by atoms with Gasteiger partial charge in [-0.1, -0.05) is 17.3 Å². The number of aromatic nitrogens is 4. The van der Waals surface area contributed by atoms with Gasteiger partial charge >= 0.3 is 0 Å². The summed E-state index contributed by atoms with van der Waals surface area (Å²) in [6.45, 7) is 2.50. The van der Waals surface area contributed by atoms with Gasteiger partial charge in [0.15, 0.2) is 0 Å². The first-order valence-electron chi connectivity index (χ1n) is 8.79. The summed E-state index contributed by atoms with van der Waals surface area (Å²) in [5.74, 6) is -0.631. The molecule has 0 saturated carbocycles. The number of carbonyl (C=O) groups excluding carboxylic acids is 1. The molecule has 1 amide bonds. The van der Waals surface area contributed by atoms with Crippen LogP contribution in [0.1, 0.15) is 23.2 Å². The number of aryl methyl sites for hydroxylation is 2. The van der Waals surface area contributed by atoms with Crippen molar-refractivity contribution in [3.05, 3.63) is 65.5 Å². The van der Waals surface area contributed by atoms with Crippen LogP contribution >= 0.6 is 0 Å². The average Bonchev–Trinajstić information content (AvgIpc) is 3.37. The van der Waals surface area contributed by atoms with Crippen molar-refractivity contribution in [2.75, 3.05) is 5.32 Å². The van der Waals surface area contributed by atoms with Crippen LogP contribution in [0.3, 0.4) is 0 Å². The van der Waals surface area contributed by atoms with Crippen LogP contribution in [0.4, 0.5) is 10.1 Å². The van der Waals surface area contributed by atoms with Gasteiger partial charge in [0.2, 0.25) is 6.10 Å². The summed E-state index contributed by atoms with van der Waals surface area (Å²) in [5, 5.41) is 15.3. The van der Waals surface area contributed by atoms with Crippen molar-refractivity contribution in [2.24, 2.45) is 12.2 Å². The molecule has 144 valence electrons. The Hall–Kier alpha value is -3.49. The largest absolute Gasteiger partial charge is 0.382 e. The summed E-state index contributed by atoms with van der Waals surface area (Å²) < 4.78 is 16.5. The second kappa shape index (κ2) is 7.26. The molecule has 1 aliphatic heterocycles. The van der Waals surface area contributed by atoms with E-state index in [4.69, 9.17) is 4.84 Å². The molecule has 0 spiro atoms. The Morgan fingerprint density at radius 1 is 1.32 bits per heavy atom. The fourth-order valence-electron chi connectivity index (χ4n) is 3.05. The Labute approximate surface area is 160 Å². The van der Waals surface area contributed by atoms with Crippen LogP contribution in [0.25, 0.3) is 0 Å². The summed E-state index contributed by atoms with van der Waals surface area (Å²) in [6.07, 6.45) is 4.86. The number of halogens is 1. The minimum absolute atomic E-state index is 0.307. The van der Waals surface area contributed by atoms with Gasteiger partial charge in [-0.3, -0.25) is 14.2 Å². The Morgan fingerprint density at radius 3 is 2.82 bits per heavy atom. The van der Waals surface area contributed by atoms with Gasteiger partial charge < -0.3 is 10.2 Å². The van der Waals surface area contributed by atoms with Crippen molar-refractivity contribution in [2.45, 2.75) is 26.0 Å². The standard InChI is InChI=1S/C19H19FN6O2/c1-12-14(9-25(2)23-12)10-26-11-16(8-21-26)22-19(27)18-7-17(24-28-18)13-3-5-15(20)6-4-13/h3-6,8-9,11,18H,7,10H2,1-2H3,(H,22,27). The molecule has 8 nitrogen and oxygen atoms in total. The minimum Gasteiger partial charge on any atom is -0.382 e. The Kier molecular flexibility index (Phi) is 4.64. The number of amides is 1. The zero-order valence-corrected chi connectivity index (χ0v) is 15.5. The molecule has 0 radical (unpaired) electrons. The van der Waals surface area contributed by atoms with E-state index in [1.54, 1.807) is 33.9 Å². The maximum atomic E-state index is 13.0. The molecular formula is C19H19FN6O2. The lowest BCUT2D eigenvalue weighted by molar-refractivity contribution is -0.125. The molecule has 3 heterocycles. The van der Waals surface area contributed by atoms with Crippen LogP contribution in [0.15, 0.2) is 48.0 Å². The van der Waals surface area contributed by atoms with E-state index in [0.29, 0.717) is 24.4 Å². The van der Waals surface area contributed by atoms with E-state index in [0.717, 1.165) is 16.8 Å². The number of carbonyl (C=O) groups is 1. The molecule has 1 N–H and O–H groups in total. The first kappa shape index (κ1) is 17.9. The molecule has 0 bridgehead atoms. The highest BCUT2D eigenvalue weighted by Crippen LogP contribution is 2.19. The fourth-order valence-corrected chi connectivity index (χ4v) is 3.05. The van der Waals surface area contributed by atoms with Gasteiger partial charge in [-0.25, -0.2) is 4.39 Å². The maximum absolute atomic E-state index is 13.0. The van der Waals surface area contributed by atoms with E-state index >= 15 is 0 Å². The van der Waals surface area contributed by atoms with Gasteiger partial charge in [0, 0.05) is 31.4 Å². The number of benzene rings is 1. The van der Waals surface area contributed by atoms with Gasteiger partial charge in [0.1, 0.15) is 5.82 Å². The summed E-state index contributed by atoms with van der Waals surface area (Å²) in [5.41, 5.74) is 3.91. The van der Waals surface area contributed by atoms with Crippen LogP contribution in [-0.4, -0.2) is 37.3 Å². The molecule has 1 aromatic carbocycles. The third-order valence-corrected chi connectivity index (χ3v) is 4.49. The molecule has 0 aliphatic carbocycles. The van der Waals surface area contributed by atoms with E-state index in [2.05, 4.69) is 20.7 Å². The van der Waals surface area contributed by atoms with Gasteiger partial charge in [-0.15, -0.1) is 0 Å². The first-order chi connectivity index (χ1) is 13.5. The molecule has 1 atom stereocenters. The predicted octanol–water partition coefficient (Wildman–Crippen LogP) is 2.24. The number of nitrogens with zero attached hydrogens (tertiary/aromatic N) is 5. The van der Waals surface area contributed by atoms with E-state index in [1.165, 1.54) is 12.1 Å². The highest BCUT2D eigenvalue weighted by atomic mass is 19.1. The summed E-state index contributed by atoms with van der Waals surface area (Å²) in [4.78, 5) is 17.7. The van der Waals surface area contributed by atoms with E-state index in [9.17, 15) is 9.18 Å². The van der Waals surface area contributed by atoms with Crippen LogP contribution in [0.2, 0.25) is 0 Å². The topological polar surface area (TPSA) is 86.3 Å². The molecule has 1 unspecified atom stereocenters. The van der Waals surface area contributed by atoms with Crippen molar-refractivity contribution in [1.82, 2.24) is 19.6 Å². The molecular weight excluding hydrogens is 363 g/mol. The van der Waals surface area contributed by atoms with Crippen LogP contribution < -0.4 is 5.32 Å². The summed E-state index contributed by atoms with van der Waals surface area (Å²) in [6, 6.07) is 5.93. The van der Waals surface area contributed by atoms with Crippen molar-refractivity contribution in [1.29, 1.82) is 0 Å².